The van der Waals surface area contributed by atoms with E-state index in [0.717, 1.165) is 15.0 Å². The summed E-state index contributed by atoms with van der Waals surface area (Å²) in [5.41, 5.74) is 2.06. The molecule has 0 bridgehead atoms. The van der Waals surface area contributed by atoms with Crippen LogP contribution in [0, 0.1) is 10.7 Å². The summed E-state index contributed by atoms with van der Waals surface area (Å²) in [6.07, 6.45) is 0.670. The first-order chi connectivity index (χ1) is 8.38. The molecule has 2 rings (SSSR count). The molecule has 96 valence electrons. The van der Waals surface area contributed by atoms with Gasteiger partial charge in [-0.05, 0) is 30.2 Å². The zero-order valence-electron chi connectivity index (χ0n) is 10.4. The molecule has 0 aliphatic carbocycles. The first kappa shape index (κ1) is 17.5. The van der Waals surface area contributed by atoms with Crippen LogP contribution in [-0.4, -0.2) is 13.0 Å². The van der Waals surface area contributed by atoms with Crippen molar-refractivity contribution in [3.63, 3.8) is 0 Å². The zero-order valence-corrected chi connectivity index (χ0v) is 15.6. The van der Waals surface area contributed by atoms with Crippen LogP contribution in [0.25, 0.3) is 0 Å². The van der Waals surface area contributed by atoms with Gasteiger partial charge in [-0.3, -0.25) is 0 Å². The van der Waals surface area contributed by atoms with Gasteiger partial charge in [-0.25, -0.2) is 8.42 Å². The van der Waals surface area contributed by atoms with Crippen LogP contribution in [0.1, 0.15) is 16.0 Å². The fourth-order valence-corrected chi connectivity index (χ4v) is 4.66. The maximum Gasteiger partial charge on any atom is 1.00 e. The van der Waals surface area contributed by atoms with Gasteiger partial charge in [-0.1, -0.05) is 45.0 Å². The van der Waals surface area contributed by atoms with Crippen molar-refractivity contribution in [2.24, 2.45) is 0 Å². The monoisotopic (exact) mass is 340 g/mol. The van der Waals surface area contributed by atoms with Crippen LogP contribution in [0.4, 0.5) is 0 Å². The van der Waals surface area contributed by atoms with E-state index in [0.29, 0.717) is 6.42 Å². The molecule has 1 heterocycles. The molecule has 0 unspecified atom stereocenters. The third-order valence-electron chi connectivity index (χ3n) is 2.51. The van der Waals surface area contributed by atoms with Crippen LogP contribution in [0.5, 0.6) is 0 Å². The summed E-state index contributed by atoms with van der Waals surface area (Å²) in [4.78, 5) is 0.986. The summed E-state index contributed by atoms with van der Waals surface area (Å²) in [5, 5.41) is 0. The Kier molecular flexibility index (Phi) is 6.34. The predicted octanol–water partition coefficient (Wildman–Crippen LogP) is 0.346. The Bertz CT molecular complexity index is 713. The van der Waals surface area contributed by atoms with Gasteiger partial charge < -0.3 is 4.55 Å². The van der Waals surface area contributed by atoms with Crippen molar-refractivity contribution in [2.45, 2.75) is 18.2 Å². The molecular weight excluding hydrogens is 331 g/mol. The SMILES string of the molecule is Cc1ssc(=S)c1Cc1ccc(S(=O)(=O)[O-])cc1.[Na+]. The second kappa shape index (κ2) is 6.91. The molecular formula is C11H9NaO3S4. The van der Waals surface area contributed by atoms with Gasteiger partial charge in [0.15, 0.2) is 0 Å². The standard InChI is InChI=1S/C11H10O3S4.Na/c1-7-10(11(15)17-16-7)6-8-2-4-9(5-3-8)18(12,13)14;/h2-5H,6H2,1H3,(H,12,13,14);/q;+1/p-1. The topological polar surface area (TPSA) is 57.2 Å². The smallest absolute Gasteiger partial charge is 0.744 e. The minimum absolute atomic E-state index is 0. The van der Waals surface area contributed by atoms with Crippen molar-refractivity contribution in [1.29, 1.82) is 0 Å². The minimum atomic E-state index is -4.36. The van der Waals surface area contributed by atoms with Gasteiger partial charge in [0.1, 0.15) is 13.9 Å². The molecule has 0 N–H and O–H groups in total. The Labute approximate surface area is 146 Å². The average molecular weight is 340 g/mol. The summed E-state index contributed by atoms with van der Waals surface area (Å²) < 4.78 is 33.3. The van der Waals surface area contributed by atoms with E-state index in [9.17, 15) is 13.0 Å². The van der Waals surface area contributed by atoms with Crippen molar-refractivity contribution in [3.8, 4) is 0 Å². The Hall–Kier alpha value is 0.400. The minimum Gasteiger partial charge on any atom is -0.744 e. The van der Waals surface area contributed by atoms with Gasteiger partial charge in [0.05, 0.1) is 4.90 Å². The second-order valence-electron chi connectivity index (χ2n) is 3.76. The number of hydrogen-bond acceptors (Lipinski definition) is 6. The molecule has 0 radical (unpaired) electrons. The van der Waals surface area contributed by atoms with Crippen LogP contribution in [0.3, 0.4) is 0 Å². The van der Waals surface area contributed by atoms with Gasteiger partial charge in [0, 0.05) is 11.3 Å². The van der Waals surface area contributed by atoms with Crippen molar-refractivity contribution in [1.82, 2.24) is 0 Å². The Balaban J connectivity index is 0.00000180. The fourth-order valence-electron chi connectivity index (χ4n) is 1.52. The van der Waals surface area contributed by atoms with E-state index >= 15 is 0 Å². The second-order valence-corrected chi connectivity index (χ2v) is 8.16. The molecule has 1 aromatic heterocycles. The van der Waals surface area contributed by atoms with E-state index in [1.54, 1.807) is 32.8 Å². The summed E-state index contributed by atoms with van der Waals surface area (Å²) in [7, 11) is -1.15. The molecule has 0 aliphatic heterocycles. The first-order valence-corrected chi connectivity index (χ1v) is 8.98. The molecule has 0 saturated heterocycles. The van der Waals surface area contributed by atoms with Crippen LogP contribution in [0.15, 0.2) is 29.2 Å². The molecule has 8 heteroatoms. The number of benzene rings is 1. The van der Waals surface area contributed by atoms with Crippen molar-refractivity contribution >= 4 is 43.0 Å². The molecule has 0 aliphatic rings. The average Bonchev–Trinajstić information content (AvgIpc) is 2.60. The van der Waals surface area contributed by atoms with Gasteiger partial charge in [0.2, 0.25) is 0 Å². The molecule has 1 aromatic carbocycles. The van der Waals surface area contributed by atoms with Crippen molar-refractivity contribution in [2.75, 3.05) is 0 Å². The predicted molar refractivity (Wildman–Crippen MR) is 75.0 cm³/mol. The van der Waals surface area contributed by atoms with E-state index in [-0.39, 0.29) is 34.5 Å². The van der Waals surface area contributed by atoms with E-state index in [1.165, 1.54) is 17.0 Å². The summed E-state index contributed by atoms with van der Waals surface area (Å²) in [6, 6.07) is 5.99. The molecule has 3 nitrogen and oxygen atoms in total. The third kappa shape index (κ3) is 4.44. The molecule has 0 fully saturated rings. The largest absolute Gasteiger partial charge is 1.00 e. The van der Waals surface area contributed by atoms with E-state index < -0.39 is 10.1 Å². The molecule has 0 atom stereocenters. The van der Waals surface area contributed by atoms with Crippen LogP contribution >= 0.6 is 32.9 Å². The normalized spacial score (nSPS) is 11.1. The van der Waals surface area contributed by atoms with E-state index in [2.05, 4.69) is 0 Å². The maximum absolute atomic E-state index is 10.8. The van der Waals surface area contributed by atoms with E-state index in [4.69, 9.17) is 12.2 Å². The fraction of sp³-hybridized carbons (Fsp3) is 0.182. The number of aryl methyl sites for hydroxylation is 1. The van der Waals surface area contributed by atoms with Crippen molar-refractivity contribution in [3.05, 3.63) is 44.1 Å². The van der Waals surface area contributed by atoms with Gasteiger partial charge in [0.25, 0.3) is 0 Å². The molecule has 0 saturated carbocycles. The molecule has 2 aromatic rings. The quantitative estimate of drug-likeness (QED) is 0.350. The van der Waals surface area contributed by atoms with Gasteiger partial charge >= 0.3 is 29.6 Å². The summed E-state index contributed by atoms with van der Waals surface area (Å²) in [6.45, 7) is 2.02. The zero-order chi connectivity index (χ0) is 13.3. The van der Waals surface area contributed by atoms with Gasteiger partial charge in [-0.2, -0.15) is 0 Å². The maximum atomic E-state index is 10.8. The van der Waals surface area contributed by atoms with E-state index in [1.807, 2.05) is 6.92 Å². The van der Waals surface area contributed by atoms with Crippen LogP contribution in [0.2, 0.25) is 0 Å². The van der Waals surface area contributed by atoms with Crippen molar-refractivity contribution < 1.29 is 42.5 Å². The molecule has 0 spiro atoms. The van der Waals surface area contributed by atoms with Crippen LogP contribution in [-0.2, 0) is 16.5 Å². The first-order valence-electron chi connectivity index (χ1n) is 5.01. The molecule has 19 heavy (non-hydrogen) atoms. The van der Waals surface area contributed by atoms with Crippen LogP contribution < -0.4 is 29.6 Å². The summed E-state index contributed by atoms with van der Waals surface area (Å²) >= 11 is 5.24. The Morgan fingerprint density at radius 3 is 2.21 bits per heavy atom. The number of rotatable bonds is 3. The number of hydrogen-bond donors (Lipinski definition) is 0. The summed E-state index contributed by atoms with van der Waals surface area (Å²) in [5.74, 6) is 0. The van der Waals surface area contributed by atoms with Gasteiger partial charge in [-0.15, -0.1) is 0 Å². The molecule has 0 amide bonds. The Morgan fingerprint density at radius 1 is 1.21 bits per heavy atom. The Morgan fingerprint density at radius 2 is 1.79 bits per heavy atom. The third-order valence-corrected chi connectivity index (χ3v) is 6.65.